The Morgan fingerprint density at radius 1 is 1.12 bits per heavy atom. The van der Waals surface area contributed by atoms with Crippen LogP contribution < -0.4 is 5.73 Å². The Labute approximate surface area is 104 Å². The summed E-state index contributed by atoms with van der Waals surface area (Å²) in [6.45, 7) is 6.68. The zero-order chi connectivity index (χ0) is 11.9. The molecule has 3 rings (SSSR count). The van der Waals surface area contributed by atoms with E-state index in [9.17, 15) is 0 Å². The second-order valence-corrected chi connectivity index (χ2v) is 6.04. The van der Waals surface area contributed by atoms with Crippen LogP contribution in [0.4, 0.5) is 0 Å². The largest absolute Gasteiger partial charge is 0.381 e. The molecule has 2 heterocycles. The molecule has 3 aliphatic rings. The Morgan fingerprint density at radius 2 is 1.76 bits per heavy atom. The maximum absolute atomic E-state index is 6.32. The Hall–Kier alpha value is -0.160. The molecule has 2 N–H and O–H groups in total. The number of nitrogens with zero attached hydrogens (tertiary/aromatic N) is 2. The molecule has 0 aromatic carbocycles. The molecule has 0 bridgehead atoms. The van der Waals surface area contributed by atoms with Crippen LogP contribution in [-0.4, -0.2) is 68.3 Å². The van der Waals surface area contributed by atoms with Crippen molar-refractivity contribution in [1.29, 1.82) is 0 Å². The van der Waals surface area contributed by atoms with Crippen LogP contribution >= 0.6 is 0 Å². The average molecular weight is 239 g/mol. The third-order valence-electron chi connectivity index (χ3n) is 5.28. The van der Waals surface area contributed by atoms with E-state index in [4.69, 9.17) is 10.5 Å². The maximum atomic E-state index is 6.32. The number of nitrogens with two attached hydrogens (primary N) is 1. The van der Waals surface area contributed by atoms with Crippen LogP contribution in [0.2, 0.25) is 0 Å². The number of rotatable bonds is 1. The number of hydrogen-bond acceptors (Lipinski definition) is 4. The molecule has 2 aliphatic heterocycles. The summed E-state index contributed by atoms with van der Waals surface area (Å²) in [6, 6.07) is 1.14. The fourth-order valence-electron chi connectivity index (χ4n) is 3.90. The van der Waals surface area contributed by atoms with Crippen LogP contribution in [0.5, 0.6) is 0 Å². The zero-order valence-corrected chi connectivity index (χ0v) is 10.9. The van der Waals surface area contributed by atoms with Gasteiger partial charge in [-0.15, -0.1) is 0 Å². The first-order chi connectivity index (χ1) is 8.22. The third kappa shape index (κ3) is 1.91. The fourth-order valence-corrected chi connectivity index (χ4v) is 3.90. The SMILES string of the molecule is CN1CCN(C2CC(N)C23CCOCC3)CC1. The van der Waals surface area contributed by atoms with Crippen molar-refractivity contribution < 1.29 is 4.74 Å². The first-order valence-electron chi connectivity index (χ1n) is 6.98. The van der Waals surface area contributed by atoms with E-state index >= 15 is 0 Å². The van der Waals surface area contributed by atoms with Crippen LogP contribution in [0.3, 0.4) is 0 Å². The summed E-state index contributed by atoms with van der Waals surface area (Å²) in [5.74, 6) is 0. The van der Waals surface area contributed by atoms with Crippen LogP contribution in [0.1, 0.15) is 19.3 Å². The molecule has 3 fully saturated rings. The van der Waals surface area contributed by atoms with E-state index in [1.807, 2.05) is 0 Å². The van der Waals surface area contributed by atoms with Gasteiger partial charge < -0.3 is 15.4 Å². The highest BCUT2D eigenvalue weighted by Gasteiger charge is 2.55. The van der Waals surface area contributed by atoms with Crippen LogP contribution in [-0.2, 0) is 4.74 Å². The summed E-state index contributed by atoms with van der Waals surface area (Å²) in [5.41, 5.74) is 6.70. The minimum atomic E-state index is 0.383. The van der Waals surface area contributed by atoms with E-state index in [-0.39, 0.29) is 0 Å². The smallest absolute Gasteiger partial charge is 0.0472 e. The van der Waals surface area contributed by atoms with Gasteiger partial charge in [-0.3, -0.25) is 4.90 Å². The Balaban J connectivity index is 1.67. The molecule has 1 saturated carbocycles. The highest BCUT2D eigenvalue weighted by atomic mass is 16.5. The van der Waals surface area contributed by atoms with Crippen molar-refractivity contribution in [1.82, 2.24) is 9.80 Å². The van der Waals surface area contributed by atoms with Crippen LogP contribution in [0, 0.1) is 5.41 Å². The molecule has 4 heteroatoms. The van der Waals surface area contributed by atoms with Gasteiger partial charge in [-0.05, 0) is 26.3 Å². The van der Waals surface area contributed by atoms with E-state index in [0.29, 0.717) is 11.5 Å². The van der Waals surface area contributed by atoms with E-state index < -0.39 is 0 Å². The van der Waals surface area contributed by atoms with Crippen molar-refractivity contribution in [3.63, 3.8) is 0 Å². The summed E-state index contributed by atoms with van der Waals surface area (Å²) in [7, 11) is 2.22. The first kappa shape index (κ1) is 11.9. The minimum Gasteiger partial charge on any atom is -0.381 e. The van der Waals surface area contributed by atoms with Gasteiger partial charge in [0.25, 0.3) is 0 Å². The topological polar surface area (TPSA) is 41.7 Å². The number of ether oxygens (including phenoxy) is 1. The lowest BCUT2D eigenvalue weighted by atomic mass is 9.56. The van der Waals surface area contributed by atoms with Crippen molar-refractivity contribution in [3.8, 4) is 0 Å². The molecule has 1 spiro atoms. The van der Waals surface area contributed by atoms with Gasteiger partial charge in [-0.2, -0.15) is 0 Å². The normalized spacial score (nSPS) is 39.2. The molecule has 0 aromatic rings. The summed E-state index contributed by atoms with van der Waals surface area (Å²) < 4.78 is 5.52. The fraction of sp³-hybridized carbons (Fsp3) is 1.00. The molecule has 4 nitrogen and oxygen atoms in total. The van der Waals surface area contributed by atoms with E-state index in [1.165, 1.54) is 45.4 Å². The molecule has 0 radical (unpaired) electrons. The lowest BCUT2D eigenvalue weighted by Gasteiger charge is -2.61. The Kier molecular flexibility index (Phi) is 3.15. The van der Waals surface area contributed by atoms with Gasteiger partial charge in [-0.1, -0.05) is 0 Å². The van der Waals surface area contributed by atoms with Gasteiger partial charge in [0.15, 0.2) is 0 Å². The average Bonchev–Trinajstić information content (AvgIpc) is 2.38. The van der Waals surface area contributed by atoms with Gasteiger partial charge in [-0.25, -0.2) is 0 Å². The molecule has 0 aromatic heterocycles. The number of hydrogen-bond donors (Lipinski definition) is 1. The molecular formula is C13H25N3O. The number of piperazine rings is 1. The van der Waals surface area contributed by atoms with Crippen molar-refractivity contribution in [2.24, 2.45) is 11.1 Å². The predicted octanol–water partition coefficient (Wildman–Crippen LogP) is 0.130. The lowest BCUT2D eigenvalue weighted by Crippen LogP contribution is -2.70. The maximum Gasteiger partial charge on any atom is 0.0472 e. The monoisotopic (exact) mass is 239 g/mol. The molecule has 98 valence electrons. The molecule has 0 amide bonds. The summed E-state index contributed by atoms with van der Waals surface area (Å²) >= 11 is 0. The molecule has 2 atom stereocenters. The van der Waals surface area contributed by atoms with Crippen LogP contribution in [0.25, 0.3) is 0 Å². The second-order valence-electron chi connectivity index (χ2n) is 6.04. The summed E-state index contributed by atoms with van der Waals surface area (Å²) in [5, 5.41) is 0. The van der Waals surface area contributed by atoms with Gasteiger partial charge in [0.2, 0.25) is 0 Å². The van der Waals surface area contributed by atoms with Gasteiger partial charge in [0, 0.05) is 56.9 Å². The van der Waals surface area contributed by atoms with Gasteiger partial charge >= 0.3 is 0 Å². The minimum absolute atomic E-state index is 0.383. The quantitative estimate of drug-likeness (QED) is 0.706. The van der Waals surface area contributed by atoms with Crippen molar-refractivity contribution in [2.75, 3.05) is 46.4 Å². The Morgan fingerprint density at radius 3 is 2.35 bits per heavy atom. The van der Waals surface area contributed by atoms with Gasteiger partial charge in [0.05, 0.1) is 0 Å². The van der Waals surface area contributed by atoms with E-state index in [1.54, 1.807) is 0 Å². The molecule has 2 unspecified atom stereocenters. The van der Waals surface area contributed by atoms with Crippen LogP contribution in [0.15, 0.2) is 0 Å². The van der Waals surface area contributed by atoms with E-state index in [2.05, 4.69) is 16.8 Å². The molecule has 17 heavy (non-hydrogen) atoms. The second kappa shape index (κ2) is 4.50. The summed E-state index contributed by atoms with van der Waals surface area (Å²) in [4.78, 5) is 5.11. The lowest BCUT2D eigenvalue weighted by molar-refractivity contribution is -0.120. The standard InChI is InChI=1S/C13H25N3O/c1-15-4-6-16(7-5-15)12-10-11(14)13(12)2-8-17-9-3-13/h11-12H,2-10,14H2,1H3. The van der Waals surface area contributed by atoms with Gasteiger partial charge in [0.1, 0.15) is 0 Å². The predicted molar refractivity (Wildman–Crippen MR) is 67.9 cm³/mol. The molecule has 1 aliphatic carbocycles. The van der Waals surface area contributed by atoms with Crippen molar-refractivity contribution in [3.05, 3.63) is 0 Å². The highest BCUT2D eigenvalue weighted by Crippen LogP contribution is 2.50. The van der Waals surface area contributed by atoms with Crippen molar-refractivity contribution in [2.45, 2.75) is 31.3 Å². The molecular weight excluding hydrogens is 214 g/mol. The first-order valence-corrected chi connectivity index (χ1v) is 6.98. The van der Waals surface area contributed by atoms with E-state index in [0.717, 1.165) is 19.3 Å². The zero-order valence-electron chi connectivity index (χ0n) is 10.9. The third-order valence-corrected chi connectivity index (χ3v) is 5.28. The molecule has 2 saturated heterocycles. The highest BCUT2D eigenvalue weighted by molar-refractivity contribution is 5.11. The van der Waals surface area contributed by atoms with Crippen molar-refractivity contribution >= 4 is 0 Å². The Bertz CT molecular complexity index is 270. The summed E-state index contributed by atoms with van der Waals surface area (Å²) in [6.07, 6.45) is 3.54. The number of likely N-dealkylation sites (N-methyl/N-ethyl adjacent to an activating group) is 1.